The summed E-state index contributed by atoms with van der Waals surface area (Å²) >= 11 is 5.62. The number of benzene rings is 2. The number of methoxy groups -OCH3 is 1. The van der Waals surface area contributed by atoms with Crippen molar-refractivity contribution in [2.45, 2.75) is 13.1 Å². The minimum Gasteiger partial charge on any atom is -0.495 e. The first kappa shape index (κ1) is 18.8. The van der Waals surface area contributed by atoms with Gasteiger partial charge in [0.2, 0.25) is 0 Å². The Hall–Kier alpha value is -2.99. The molecule has 0 aliphatic carbocycles. The lowest BCUT2D eigenvalue weighted by Crippen LogP contribution is -2.34. The molecule has 0 saturated heterocycles. The predicted octanol–water partition coefficient (Wildman–Crippen LogP) is 4.63. The number of pyridine rings is 1. The molecule has 3 rings (SSSR count). The summed E-state index contributed by atoms with van der Waals surface area (Å²) in [5.41, 5.74) is 2.32. The second kappa shape index (κ2) is 9.09. The molecule has 27 heavy (non-hydrogen) atoms. The van der Waals surface area contributed by atoms with Crippen molar-refractivity contribution < 1.29 is 9.13 Å². The Balaban J connectivity index is 1.84. The minimum absolute atomic E-state index is 0.256. The van der Waals surface area contributed by atoms with Gasteiger partial charge >= 0.3 is 0 Å². The molecule has 0 aliphatic heterocycles. The minimum atomic E-state index is -0.256. The normalized spacial score (nSPS) is 10.3. The number of aromatic nitrogens is 1. The van der Waals surface area contributed by atoms with Crippen LogP contribution in [0.1, 0.15) is 11.1 Å². The molecule has 0 radical (unpaired) electrons. The Labute approximate surface area is 163 Å². The topological polar surface area (TPSA) is 37.4 Å². The highest BCUT2D eigenvalue weighted by atomic mass is 32.1. The van der Waals surface area contributed by atoms with Crippen molar-refractivity contribution in [2.75, 3.05) is 12.4 Å². The molecular formula is C21H20FN3OS. The Bertz CT molecular complexity index is 905. The van der Waals surface area contributed by atoms with Gasteiger partial charge in [-0.2, -0.15) is 0 Å². The summed E-state index contributed by atoms with van der Waals surface area (Å²) in [5.74, 6) is 0.431. The fraction of sp³-hybridized carbons (Fsp3) is 0.143. The fourth-order valence-electron chi connectivity index (χ4n) is 2.69. The first-order chi connectivity index (χ1) is 13.2. The number of hydrogen-bond acceptors (Lipinski definition) is 3. The van der Waals surface area contributed by atoms with Crippen LogP contribution in [0.3, 0.4) is 0 Å². The van der Waals surface area contributed by atoms with Crippen LogP contribution >= 0.6 is 12.2 Å². The van der Waals surface area contributed by atoms with E-state index in [1.165, 1.54) is 6.07 Å². The standard InChI is InChI=1S/C21H20FN3OS/c1-26-20-11-5-4-10-19(20)24-21(27)25(14-16-7-6-12-23-13-16)15-17-8-2-3-9-18(17)22/h2-13H,14-15H2,1H3,(H,24,27). The van der Waals surface area contributed by atoms with E-state index in [4.69, 9.17) is 17.0 Å². The Morgan fingerprint density at radius 2 is 1.85 bits per heavy atom. The lowest BCUT2D eigenvalue weighted by Gasteiger charge is -2.26. The van der Waals surface area contributed by atoms with E-state index in [9.17, 15) is 4.39 Å². The average Bonchev–Trinajstić information content (AvgIpc) is 2.70. The molecule has 3 aromatic rings. The smallest absolute Gasteiger partial charge is 0.174 e. The van der Waals surface area contributed by atoms with E-state index >= 15 is 0 Å². The number of anilines is 1. The van der Waals surface area contributed by atoms with Crippen LogP contribution in [0.2, 0.25) is 0 Å². The number of nitrogens with zero attached hydrogens (tertiary/aromatic N) is 2. The van der Waals surface area contributed by atoms with E-state index in [0.717, 1.165) is 11.3 Å². The molecule has 1 N–H and O–H groups in total. The number of thiocarbonyl (C=S) groups is 1. The molecule has 0 bridgehead atoms. The number of nitrogens with one attached hydrogen (secondary N) is 1. The average molecular weight is 381 g/mol. The van der Waals surface area contributed by atoms with E-state index in [-0.39, 0.29) is 5.82 Å². The van der Waals surface area contributed by atoms with Crippen LogP contribution in [0.15, 0.2) is 73.1 Å². The van der Waals surface area contributed by atoms with Crippen molar-refractivity contribution in [3.8, 4) is 5.75 Å². The van der Waals surface area contributed by atoms with Crippen molar-refractivity contribution in [3.63, 3.8) is 0 Å². The molecule has 0 aliphatic rings. The molecule has 6 heteroatoms. The molecule has 138 valence electrons. The van der Waals surface area contributed by atoms with E-state index < -0.39 is 0 Å². The maximum atomic E-state index is 14.2. The molecule has 1 aromatic heterocycles. The van der Waals surface area contributed by atoms with Crippen LogP contribution in [0.5, 0.6) is 5.75 Å². The predicted molar refractivity (Wildman–Crippen MR) is 109 cm³/mol. The summed E-state index contributed by atoms with van der Waals surface area (Å²) in [6.07, 6.45) is 3.50. The summed E-state index contributed by atoms with van der Waals surface area (Å²) < 4.78 is 19.5. The summed E-state index contributed by atoms with van der Waals surface area (Å²) in [4.78, 5) is 6.05. The Kier molecular flexibility index (Phi) is 6.33. The molecule has 0 fully saturated rings. The molecule has 0 amide bonds. The second-order valence-corrected chi connectivity index (χ2v) is 6.33. The molecule has 0 atom stereocenters. The van der Waals surface area contributed by atoms with Gasteiger partial charge in [-0.1, -0.05) is 36.4 Å². The van der Waals surface area contributed by atoms with Crippen LogP contribution in [-0.2, 0) is 13.1 Å². The van der Waals surface area contributed by atoms with E-state index in [2.05, 4.69) is 10.3 Å². The Morgan fingerprint density at radius 3 is 2.59 bits per heavy atom. The van der Waals surface area contributed by atoms with Gasteiger partial charge < -0.3 is 15.0 Å². The zero-order valence-corrected chi connectivity index (χ0v) is 15.7. The number of para-hydroxylation sites is 2. The Morgan fingerprint density at radius 1 is 1.07 bits per heavy atom. The third kappa shape index (κ3) is 5.01. The molecule has 1 heterocycles. The van der Waals surface area contributed by atoms with Crippen molar-refractivity contribution in [1.29, 1.82) is 0 Å². The first-order valence-electron chi connectivity index (χ1n) is 8.48. The molecule has 0 saturated carbocycles. The van der Waals surface area contributed by atoms with Crippen LogP contribution in [0, 0.1) is 5.82 Å². The van der Waals surface area contributed by atoms with Crippen LogP contribution in [0.25, 0.3) is 0 Å². The van der Waals surface area contributed by atoms with Gasteiger partial charge in [-0.3, -0.25) is 4.98 Å². The van der Waals surface area contributed by atoms with Gasteiger partial charge in [0.1, 0.15) is 11.6 Å². The number of hydrogen-bond donors (Lipinski definition) is 1. The second-order valence-electron chi connectivity index (χ2n) is 5.94. The summed E-state index contributed by atoms with van der Waals surface area (Å²) in [6, 6.07) is 18.1. The zero-order valence-electron chi connectivity index (χ0n) is 14.9. The number of ether oxygens (including phenoxy) is 1. The van der Waals surface area contributed by atoms with Gasteiger partial charge in [-0.15, -0.1) is 0 Å². The SMILES string of the molecule is COc1ccccc1NC(=S)N(Cc1cccnc1)Cc1ccccc1F. The molecular weight excluding hydrogens is 361 g/mol. The maximum absolute atomic E-state index is 14.2. The number of halogens is 1. The van der Waals surface area contributed by atoms with E-state index in [0.29, 0.717) is 29.5 Å². The van der Waals surface area contributed by atoms with Gasteiger partial charge in [0, 0.05) is 31.0 Å². The fourth-order valence-corrected chi connectivity index (χ4v) is 2.93. The molecule has 0 spiro atoms. The maximum Gasteiger partial charge on any atom is 0.174 e. The highest BCUT2D eigenvalue weighted by Gasteiger charge is 2.15. The first-order valence-corrected chi connectivity index (χ1v) is 8.89. The van der Waals surface area contributed by atoms with Gasteiger partial charge in [-0.05, 0) is 42.0 Å². The van der Waals surface area contributed by atoms with Gasteiger partial charge in [0.25, 0.3) is 0 Å². The highest BCUT2D eigenvalue weighted by Crippen LogP contribution is 2.24. The van der Waals surface area contributed by atoms with Crippen molar-refractivity contribution in [2.24, 2.45) is 0 Å². The third-order valence-corrected chi connectivity index (χ3v) is 4.41. The van der Waals surface area contributed by atoms with Crippen LogP contribution < -0.4 is 10.1 Å². The monoisotopic (exact) mass is 381 g/mol. The summed E-state index contributed by atoms with van der Waals surface area (Å²) in [7, 11) is 1.61. The van der Waals surface area contributed by atoms with Gasteiger partial charge in [0.05, 0.1) is 12.8 Å². The number of rotatable bonds is 6. The lowest BCUT2D eigenvalue weighted by molar-refractivity contribution is 0.400. The zero-order chi connectivity index (χ0) is 19.1. The summed E-state index contributed by atoms with van der Waals surface area (Å²) in [6.45, 7) is 0.839. The van der Waals surface area contributed by atoms with Gasteiger partial charge in [-0.25, -0.2) is 4.39 Å². The van der Waals surface area contributed by atoms with Crippen LogP contribution in [-0.4, -0.2) is 22.1 Å². The molecule has 4 nitrogen and oxygen atoms in total. The van der Waals surface area contributed by atoms with Gasteiger partial charge in [0.15, 0.2) is 5.11 Å². The van der Waals surface area contributed by atoms with Crippen molar-refractivity contribution in [1.82, 2.24) is 9.88 Å². The van der Waals surface area contributed by atoms with E-state index in [1.807, 2.05) is 47.4 Å². The summed E-state index contributed by atoms with van der Waals surface area (Å²) in [5, 5.41) is 3.69. The van der Waals surface area contributed by atoms with Crippen molar-refractivity contribution >= 4 is 23.0 Å². The quantitative estimate of drug-likeness (QED) is 0.630. The largest absolute Gasteiger partial charge is 0.495 e. The van der Waals surface area contributed by atoms with E-state index in [1.54, 1.807) is 31.6 Å². The molecule has 2 aromatic carbocycles. The molecule has 0 unspecified atom stereocenters. The lowest BCUT2D eigenvalue weighted by atomic mass is 10.2. The van der Waals surface area contributed by atoms with Crippen molar-refractivity contribution in [3.05, 3.63) is 90.0 Å². The third-order valence-electron chi connectivity index (χ3n) is 4.05. The van der Waals surface area contributed by atoms with Crippen LogP contribution in [0.4, 0.5) is 10.1 Å². The highest BCUT2D eigenvalue weighted by molar-refractivity contribution is 7.80.